The van der Waals surface area contributed by atoms with Gasteiger partial charge in [-0.1, -0.05) is 6.07 Å². The van der Waals surface area contributed by atoms with Gasteiger partial charge in [0.15, 0.2) is 11.5 Å². The summed E-state index contributed by atoms with van der Waals surface area (Å²) in [5, 5.41) is 11.0. The number of anilines is 1. The van der Waals surface area contributed by atoms with Gasteiger partial charge in [-0.3, -0.25) is 9.20 Å². The number of hydrogen-bond acceptors (Lipinski definition) is 4. The number of nitrogens with one attached hydrogen (secondary N) is 1. The zero-order chi connectivity index (χ0) is 17.3. The Kier molecular flexibility index (Phi) is 4.16. The molecule has 0 saturated heterocycles. The third-order valence-corrected chi connectivity index (χ3v) is 3.77. The second kappa shape index (κ2) is 6.27. The van der Waals surface area contributed by atoms with Crippen molar-refractivity contribution in [2.75, 3.05) is 19.0 Å². The molecule has 24 heavy (non-hydrogen) atoms. The summed E-state index contributed by atoms with van der Waals surface area (Å²) in [7, 11) is 3.49. The number of rotatable bonds is 4. The van der Waals surface area contributed by atoms with Crippen molar-refractivity contribution >= 4 is 17.2 Å². The highest BCUT2D eigenvalue weighted by molar-refractivity contribution is 5.94. The van der Waals surface area contributed by atoms with E-state index in [1.165, 1.54) is 6.07 Å². The second-order valence-corrected chi connectivity index (χ2v) is 5.74. The van der Waals surface area contributed by atoms with E-state index in [1.807, 2.05) is 31.3 Å². The van der Waals surface area contributed by atoms with Crippen molar-refractivity contribution in [3.05, 3.63) is 59.8 Å². The van der Waals surface area contributed by atoms with Crippen molar-refractivity contribution in [1.29, 1.82) is 0 Å². The lowest BCUT2D eigenvalue weighted by Gasteiger charge is -2.15. The Morgan fingerprint density at radius 2 is 2.04 bits per heavy atom. The maximum atomic E-state index is 14.0. The molecule has 1 amide bonds. The van der Waals surface area contributed by atoms with Gasteiger partial charge in [0.1, 0.15) is 5.82 Å². The van der Waals surface area contributed by atoms with Crippen molar-refractivity contribution in [1.82, 2.24) is 19.9 Å². The minimum Gasteiger partial charge on any atom is -0.375 e. The minimum absolute atomic E-state index is 0.263. The predicted molar refractivity (Wildman–Crippen MR) is 89.6 cm³/mol. The van der Waals surface area contributed by atoms with Crippen molar-refractivity contribution in [3.8, 4) is 0 Å². The van der Waals surface area contributed by atoms with Crippen LogP contribution in [0.5, 0.6) is 0 Å². The number of carbonyl (C=O) groups is 1. The molecule has 0 radical (unpaired) electrons. The van der Waals surface area contributed by atoms with Crippen LogP contribution in [0, 0.1) is 5.82 Å². The number of hydrogen-bond donors (Lipinski definition) is 1. The van der Waals surface area contributed by atoms with Crippen LogP contribution in [0.25, 0.3) is 5.65 Å². The first kappa shape index (κ1) is 15.9. The molecule has 0 unspecified atom stereocenters. The van der Waals surface area contributed by atoms with Crippen LogP contribution in [-0.2, 0) is 0 Å². The lowest BCUT2D eigenvalue weighted by Crippen LogP contribution is -2.28. The van der Waals surface area contributed by atoms with E-state index in [4.69, 9.17) is 0 Å². The van der Waals surface area contributed by atoms with Gasteiger partial charge in [0, 0.05) is 25.9 Å². The van der Waals surface area contributed by atoms with E-state index < -0.39 is 5.82 Å². The molecule has 0 aliphatic carbocycles. The molecule has 0 aliphatic heterocycles. The van der Waals surface area contributed by atoms with Crippen molar-refractivity contribution in [2.45, 2.75) is 13.0 Å². The molecule has 0 fully saturated rings. The molecule has 0 saturated carbocycles. The normalized spacial score (nSPS) is 12.2. The van der Waals surface area contributed by atoms with Crippen LogP contribution in [0.2, 0.25) is 0 Å². The molecule has 0 bridgehead atoms. The van der Waals surface area contributed by atoms with Gasteiger partial charge in [-0.2, -0.15) is 0 Å². The number of pyridine rings is 1. The molecule has 0 aliphatic rings. The number of halogens is 1. The van der Waals surface area contributed by atoms with E-state index >= 15 is 0 Å². The summed E-state index contributed by atoms with van der Waals surface area (Å²) in [5.41, 5.74) is 1.40. The van der Waals surface area contributed by atoms with Crippen molar-refractivity contribution < 1.29 is 9.18 Å². The summed E-state index contributed by atoms with van der Waals surface area (Å²) < 4.78 is 15.8. The quantitative estimate of drug-likeness (QED) is 0.799. The molecule has 6 nitrogen and oxygen atoms in total. The molecule has 3 aromatic rings. The summed E-state index contributed by atoms with van der Waals surface area (Å²) in [5.74, 6) is -0.183. The molecule has 1 N–H and O–H groups in total. The van der Waals surface area contributed by atoms with Crippen LogP contribution >= 0.6 is 0 Å². The Hall–Kier alpha value is -2.96. The van der Waals surface area contributed by atoms with Gasteiger partial charge in [0.2, 0.25) is 0 Å². The van der Waals surface area contributed by atoms with Gasteiger partial charge in [-0.25, -0.2) is 4.39 Å². The molecule has 3 rings (SSSR count). The van der Waals surface area contributed by atoms with Gasteiger partial charge in [0.25, 0.3) is 5.91 Å². The van der Waals surface area contributed by atoms with Gasteiger partial charge >= 0.3 is 0 Å². The third kappa shape index (κ3) is 2.92. The largest absolute Gasteiger partial charge is 0.375 e. The first-order chi connectivity index (χ1) is 11.5. The monoisotopic (exact) mass is 327 g/mol. The lowest BCUT2D eigenvalue weighted by atomic mass is 10.1. The van der Waals surface area contributed by atoms with E-state index in [0.717, 1.165) is 0 Å². The Bertz CT molecular complexity index is 890. The van der Waals surface area contributed by atoms with E-state index in [2.05, 4.69) is 15.5 Å². The number of carbonyl (C=O) groups excluding carboxylic acids is 1. The summed E-state index contributed by atoms with van der Waals surface area (Å²) >= 11 is 0. The predicted octanol–water partition coefficient (Wildman–Crippen LogP) is 2.43. The zero-order valence-corrected chi connectivity index (χ0v) is 13.7. The smallest absolute Gasteiger partial charge is 0.251 e. The number of aromatic nitrogens is 3. The van der Waals surface area contributed by atoms with E-state index in [-0.39, 0.29) is 17.5 Å². The highest BCUT2D eigenvalue weighted by Crippen LogP contribution is 2.19. The van der Waals surface area contributed by atoms with Gasteiger partial charge in [0.05, 0.1) is 11.7 Å². The first-order valence-electron chi connectivity index (χ1n) is 7.55. The Morgan fingerprint density at radius 3 is 2.75 bits per heavy atom. The fourth-order valence-electron chi connectivity index (χ4n) is 2.51. The van der Waals surface area contributed by atoms with Gasteiger partial charge in [-0.15, -0.1) is 10.2 Å². The van der Waals surface area contributed by atoms with Crippen molar-refractivity contribution in [3.63, 3.8) is 0 Å². The Morgan fingerprint density at radius 1 is 1.25 bits per heavy atom. The highest BCUT2D eigenvalue weighted by atomic mass is 19.1. The molecule has 124 valence electrons. The van der Waals surface area contributed by atoms with Crippen molar-refractivity contribution in [2.24, 2.45) is 0 Å². The fourth-order valence-corrected chi connectivity index (χ4v) is 2.51. The van der Waals surface area contributed by atoms with Crippen LogP contribution in [-0.4, -0.2) is 34.6 Å². The minimum atomic E-state index is -0.437. The average Bonchev–Trinajstić information content (AvgIpc) is 2.98. The molecular weight excluding hydrogens is 309 g/mol. The average molecular weight is 327 g/mol. The zero-order valence-electron chi connectivity index (χ0n) is 13.7. The number of amides is 1. The van der Waals surface area contributed by atoms with Crippen LogP contribution in [0.15, 0.2) is 42.6 Å². The summed E-state index contributed by atoms with van der Waals surface area (Å²) in [6.45, 7) is 1.81. The SMILES string of the molecule is C[C@@H](NC(=O)c1ccc(N(C)C)c(F)c1)c1nnc2ccccn12. The Labute approximate surface area is 138 Å². The van der Waals surface area contributed by atoms with E-state index in [0.29, 0.717) is 17.2 Å². The number of benzene rings is 1. The number of nitrogens with zero attached hydrogens (tertiary/aromatic N) is 4. The van der Waals surface area contributed by atoms with E-state index in [9.17, 15) is 9.18 Å². The molecule has 1 aromatic carbocycles. The van der Waals surface area contributed by atoms with Crippen LogP contribution in [0.3, 0.4) is 0 Å². The highest BCUT2D eigenvalue weighted by Gasteiger charge is 2.17. The topological polar surface area (TPSA) is 62.5 Å². The van der Waals surface area contributed by atoms with Crippen LogP contribution in [0.4, 0.5) is 10.1 Å². The van der Waals surface area contributed by atoms with Gasteiger partial charge in [-0.05, 0) is 37.3 Å². The maximum absolute atomic E-state index is 14.0. The van der Waals surface area contributed by atoms with E-state index in [1.54, 1.807) is 35.5 Å². The van der Waals surface area contributed by atoms with Crippen LogP contribution in [0.1, 0.15) is 29.1 Å². The second-order valence-electron chi connectivity index (χ2n) is 5.74. The summed E-state index contributed by atoms with van der Waals surface area (Å²) in [6.07, 6.45) is 1.83. The summed E-state index contributed by atoms with van der Waals surface area (Å²) in [6, 6.07) is 9.62. The standard InChI is InChI=1S/C17H18FN5O/c1-11(16-21-20-15-6-4-5-9-23(15)16)19-17(24)12-7-8-14(22(2)3)13(18)10-12/h4-11H,1-3H3,(H,19,24)/t11-/m1/s1. The first-order valence-corrected chi connectivity index (χ1v) is 7.55. The molecule has 1 atom stereocenters. The fraction of sp³-hybridized carbons (Fsp3) is 0.235. The molecule has 2 aromatic heterocycles. The van der Waals surface area contributed by atoms with Gasteiger partial charge < -0.3 is 10.2 Å². The Balaban J connectivity index is 1.80. The maximum Gasteiger partial charge on any atom is 0.251 e. The number of fused-ring (bicyclic) bond motifs is 1. The summed E-state index contributed by atoms with van der Waals surface area (Å²) in [4.78, 5) is 14.0. The molecule has 7 heteroatoms. The third-order valence-electron chi connectivity index (χ3n) is 3.77. The lowest BCUT2D eigenvalue weighted by molar-refractivity contribution is 0.0937. The molecular formula is C17H18FN5O. The molecule has 2 heterocycles. The molecule has 0 spiro atoms. The van der Waals surface area contributed by atoms with Crippen LogP contribution < -0.4 is 10.2 Å².